The molecule has 2 aliphatic heterocycles. The number of hydrogen-bond acceptors (Lipinski definition) is 4. The summed E-state index contributed by atoms with van der Waals surface area (Å²) in [7, 11) is 0. The van der Waals surface area contributed by atoms with Crippen LogP contribution in [-0.2, 0) is 4.74 Å². The molecule has 11 heavy (non-hydrogen) atoms. The van der Waals surface area contributed by atoms with Crippen LogP contribution >= 0.6 is 0 Å². The Morgan fingerprint density at radius 2 is 2.27 bits per heavy atom. The monoisotopic (exact) mass is 159 g/mol. The summed E-state index contributed by atoms with van der Waals surface area (Å²) in [5.41, 5.74) is -0.487. The first-order valence-corrected chi connectivity index (χ1v) is 3.95. The number of hydrogen-bond donors (Lipinski definition) is 3. The van der Waals surface area contributed by atoms with Crippen LogP contribution < -0.4 is 5.32 Å². The molecule has 4 nitrogen and oxygen atoms in total. The fourth-order valence-corrected chi connectivity index (χ4v) is 1.84. The second-order valence-corrected chi connectivity index (χ2v) is 3.31. The Morgan fingerprint density at radius 3 is 2.73 bits per heavy atom. The molecule has 0 amide bonds. The Kier molecular flexibility index (Phi) is 1.64. The van der Waals surface area contributed by atoms with Gasteiger partial charge in [-0.25, -0.2) is 0 Å². The molecular formula is C7H13NO3. The number of nitrogens with one attached hydrogen (secondary N) is 1. The van der Waals surface area contributed by atoms with Crippen molar-refractivity contribution in [1.29, 1.82) is 0 Å². The first-order valence-electron chi connectivity index (χ1n) is 3.95. The summed E-state index contributed by atoms with van der Waals surface area (Å²) in [4.78, 5) is 0. The number of rotatable bonds is 0. The van der Waals surface area contributed by atoms with Crippen molar-refractivity contribution >= 4 is 0 Å². The summed E-state index contributed by atoms with van der Waals surface area (Å²) in [6.45, 7) is 1.79. The van der Waals surface area contributed by atoms with Gasteiger partial charge in [0.05, 0.1) is 6.61 Å². The third kappa shape index (κ3) is 0.980. The van der Waals surface area contributed by atoms with Gasteiger partial charge >= 0.3 is 0 Å². The van der Waals surface area contributed by atoms with Gasteiger partial charge in [-0.05, 0) is 13.0 Å². The van der Waals surface area contributed by atoms with Crippen molar-refractivity contribution in [1.82, 2.24) is 5.32 Å². The van der Waals surface area contributed by atoms with E-state index in [1.807, 2.05) is 0 Å². The van der Waals surface area contributed by atoms with E-state index in [-0.39, 0.29) is 6.61 Å². The topological polar surface area (TPSA) is 61.7 Å². The lowest BCUT2D eigenvalue weighted by molar-refractivity contribution is -0.0489. The molecule has 2 rings (SSSR count). The summed E-state index contributed by atoms with van der Waals surface area (Å²) in [5.74, 6) is 0. The Hall–Kier alpha value is -0.160. The van der Waals surface area contributed by atoms with Crippen molar-refractivity contribution in [3.05, 3.63) is 0 Å². The highest BCUT2D eigenvalue weighted by Gasteiger charge is 2.50. The van der Waals surface area contributed by atoms with Crippen molar-refractivity contribution in [3.63, 3.8) is 0 Å². The Bertz CT molecular complexity index is 156. The normalized spacial score (nSPS) is 50.7. The van der Waals surface area contributed by atoms with E-state index in [4.69, 9.17) is 4.74 Å². The SMILES string of the molecule is O[C@@H]1COC2(CCNC2)[C@@H]1O. The second kappa shape index (κ2) is 2.42. The first-order chi connectivity index (χ1) is 5.25. The van der Waals surface area contributed by atoms with Crippen molar-refractivity contribution in [2.24, 2.45) is 0 Å². The third-order valence-electron chi connectivity index (χ3n) is 2.59. The lowest BCUT2D eigenvalue weighted by Crippen LogP contribution is -2.44. The molecule has 0 aromatic carbocycles. The van der Waals surface area contributed by atoms with Gasteiger partial charge in [0.2, 0.25) is 0 Å². The lowest BCUT2D eigenvalue weighted by Gasteiger charge is -2.25. The molecule has 3 N–H and O–H groups in total. The van der Waals surface area contributed by atoms with E-state index in [2.05, 4.69) is 5.32 Å². The van der Waals surface area contributed by atoms with Crippen LogP contribution in [0.1, 0.15) is 6.42 Å². The summed E-state index contributed by atoms with van der Waals surface area (Å²) >= 11 is 0. The van der Waals surface area contributed by atoms with E-state index in [9.17, 15) is 10.2 Å². The van der Waals surface area contributed by atoms with Gasteiger partial charge in [0.1, 0.15) is 17.8 Å². The van der Waals surface area contributed by atoms with Gasteiger partial charge in [-0.15, -0.1) is 0 Å². The van der Waals surface area contributed by atoms with E-state index < -0.39 is 17.8 Å². The minimum atomic E-state index is -0.711. The van der Waals surface area contributed by atoms with Crippen molar-refractivity contribution < 1.29 is 14.9 Å². The van der Waals surface area contributed by atoms with Gasteiger partial charge < -0.3 is 20.3 Å². The van der Waals surface area contributed by atoms with E-state index in [1.165, 1.54) is 0 Å². The van der Waals surface area contributed by atoms with Crippen LogP contribution in [-0.4, -0.2) is 47.7 Å². The fraction of sp³-hybridized carbons (Fsp3) is 1.00. The fourth-order valence-electron chi connectivity index (χ4n) is 1.84. The molecule has 0 aromatic heterocycles. The molecule has 4 heteroatoms. The van der Waals surface area contributed by atoms with Crippen LogP contribution in [0.3, 0.4) is 0 Å². The molecule has 1 spiro atoms. The van der Waals surface area contributed by atoms with Crippen molar-refractivity contribution in [3.8, 4) is 0 Å². The average molecular weight is 159 g/mol. The molecule has 0 bridgehead atoms. The van der Waals surface area contributed by atoms with E-state index >= 15 is 0 Å². The maximum atomic E-state index is 9.53. The molecule has 0 radical (unpaired) electrons. The number of ether oxygens (including phenoxy) is 1. The highest BCUT2D eigenvalue weighted by atomic mass is 16.5. The first kappa shape index (κ1) is 7.49. The van der Waals surface area contributed by atoms with Gasteiger partial charge in [-0.1, -0.05) is 0 Å². The van der Waals surface area contributed by atoms with Crippen molar-refractivity contribution in [2.45, 2.75) is 24.2 Å². The summed E-state index contributed by atoms with van der Waals surface area (Å²) < 4.78 is 5.36. The van der Waals surface area contributed by atoms with Crippen LogP contribution in [0.4, 0.5) is 0 Å². The third-order valence-corrected chi connectivity index (χ3v) is 2.59. The molecule has 2 saturated heterocycles. The van der Waals surface area contributed by atoms with Crippen LogP contribution in [0.2, 0.25) is 0 Å². The zero-order valence-corrected chi connectivity index (χ0v) is 6.29. The Morgan fingerprint density at radius 1 is 1.45 bits per heavy atom. The molecule has 1 unspecified atom stereocenters. The minimum Gasteiger partial charge on any atom is -0.388 e. The zero-order valence-electron chi connectivity index (χ0n) is 6.29. The summed E-state index contributed by atoms with van der Waals surface area (Å²) in [6, 6.07) is 0. The smallest absolute Gasteiger partial charge is 0.112 e. The maximum Gasteiger partial charge on any atom is 0.112 e. The van der Waals surface area contributed by atoms with Gasteiger partial charge in [0.15, 0.2) is 0 Å². The largest absolute Gasteiger partial charge is 0.388 e. The molecule has 64 valence electrons. The van der Waals surface area contributed by atoms with Crippen LogP contribution in [0, 0.1) is 0 Å². The minimum absolute atomic E-state index is 0.267. The van der Waals surface area contributed by atoms with Crippen LogP contribution in [0.25, 0.3) is 0 Å². The molecule has 0 saturated carbocycles. The molecule has 0 aromatic rings. The van der Waals surface area contributed by atoms with Gasteiger partial charge in [-0.3, -0.25) is 0 Å². The molecule has 2 aliphatic rings. The molecule has 3 atom stereocenters. The Labute approximate surface area is 65.2 Å². The predicted octanol–water partition coefficient (Wildman–Crippen LogP) is -1.53. The molecular weight excluding hydrogens is 146 g/mol. The lowest BCUT2D eigenvalue weighted by atomic mass is 9.95. The number of aliphatic hydroxyl groups excluding tert-OH is 2. The van der Waals surface area contributed by atoms with Crippen molar-refractivity contribution in [2.75, 3.05) is 19.7 Å². The predicted molar refractivity (Wildman–Crippen MR) is 38.2 cm³/mol. The maximum absolute atomic E-state index is 9.53. The molecule has 0 aliphatic carbocycles. The van der Waals surface area contributed by atoms with Gasteiger partial charge in [0.25, 0.3) is 0 Å². The quantitative estimate of drug-likeness (QED) is 0.401. The van der Waals surface area contributed by atoms with Gasteiger partial charge in [-0.2, -0.15) is 0 Å². The van der Waals surface area contributed by atoms with Crippen LogP contribution in [0.5, 0.6) is 0 Å². The Balaban J connectivity index is 2.13. The molecule has 2 fully saturated rings. The zero-order chi connectivity index (χ0) is 7.90. The highest BCUT2D eigenvalue weighted by Crippen LogP contribution is 2.31. The average Bonchev–Trinajstić information content (AvgIpc) is 2.56. The van der Waals surface area contributed by atoms with E-state index in [1.54, 1.807) is 0 Å². The van der Waals surface area contributed by atoms with Crippen LogP contribution in [0.15, 0.2) is 0 Å². The number of aliphatic hydroxyl groups is 2. The summed E-state index contributed by atoms with van der Waals surface area (Å²) in [5, 5.41) is 21.9. The highest BCUT2D eigenvalue weighted by molar-refractivity contribution is 5.02. The molecule has 2 heterocycles. The van der Waals surface area contributed by atoms with Gasteiger partial charge in [0, 0.05) is 6.54 Å². The summed E-state index contributed by atoms with van der Waals surface area (Å²) in [6.07, 6.45) is -0.613. The standard InChI is InChI=1S/C7H13NO3/c9-5-3-11-7(6(5)10)1-2-8-4-7/h5-6,8-10H,1-4H2/t5-,6-,7?/m1/s1. The van der Waals surface area contributed by atoms with E-state index in [0.29, 0.717) is 6.54 Å². The van der Waals surface area contributed by atoms with E-state index in [0.717, 1.165) is 13.0 Å². The second-order valence-electron chi connectivity index (χ2n) is 3.31.